The van der Waals surface area contributed by atoms with Gasteiger partial charge in [0.2, 0.25) is 0 Å². The van der Waals surface area contributed by atoms with Gasteiger partial charge in [-0.2, -0.15) is 0 Å². The molecule has 2 atom stereocenters. The highest BCUT2D eigenvalue weighted by atomic mass is 35.5. The first-order chi connectivity index (χ1) is 9.13. The predicted octanol–water partition coefficient (Wildman–Crippen LogP) is 4.97. The number of hydrogen-bond acceptors (Lipinski definition) is 1. The molecule has 19 heavy (non-hydrogen) atoms. The monoisotopic (exact) mass is 298 g/mol. The lowest BCUT2D eigenvalue weighted by molar-refractivity contribution is 0.0815. The van der Waals surface area contributed by atoms with Crippen LogP contribution in [0.2, 0.25) is 10.0 Å². The Morgan fingerprint density at radius 3 is 2.32 bits per heavy atom. The lowest BCUT2D eigenvalue weighted by Crippen LogP contribution is -2.37. The molecule has 0 amide bonds. The first kappa shape index (κ1) is 13.7. The van der Waals surface area contributed by atoms with E-state index in [1.54, 1.807) is 0 Å². The molecular formula is C16H20Cl2O. The van der Waals surface area contributed by atoms with E-state index in [0.29, 0.717) is 16.0 Å². The second kappa shape index (κ2) is 5.27. The minimum atomic E-state index is -0.146. The van der Waals surface area contributed by atoms with Gasteiger partial charge in [-0.25, -0.2) is 0 Å². The van der Waals surface area contributed by atoms with Crippen LogP contribution in [0.25, 0.3) is 0 Å². The third-order valence-corrected chi connectivity index (χ3v) is 5.92. The first-order valence-corrected chi connectivity index (χ1v) is 8.03. The molecule has 1 unspecified atom stereocenters. The highest BCUT2D eigenvalue weighted by molar-refractivity contribution is 6.42. The Morgan fingerprint density at radius 2 is 1.74 bits per heavy atom. The minimum Gasteiger partial charge on any atom is -0.393 e. The Labute approximate surface area is 124 Å². The molecule has 2 aliphatic rings. The summed E-state index contributed by atoms with van der Waals surface area (Å²) < 4.78 is 0. The molecule has 0 aromatic heterocycles. The molecule has 0 saturated heterocycles. The molecule has 104 valence electrons. The van der Waals surface area contributed by atoms with Gasteiger partial charge in [-0.3, -0.25) is 0 Å². The molecular weight excluding hydrogens is 279 g/mol. The van der Waals surface area contributed by atoms with Crippen LogP contribution in [0.5, 0.6) is 0 Å². The second-order valence-electron chi connectivity index (χ2n) is 6.10. The zero-order valence-electron chi connectivity index (χ0n) is 11.0. The third-order valence-electron chi connectivity index (χ3n) is 5.18. The summed E-state index contributed by atoms with van der Waals surface area (Å²) in [6.07, 6.45) is 7.95. The van der Waals surface area contributed by atoms with Crippen LogP contribution >= 0.6 is 23.2 Å². The van der Waals surface area contributed by atoms with Crippen LogP contribution in [0, 0.1) is 5.92 Å². The average molecular weight is 299 g/mol. The van der Waals surface area contributed by atoms with Gasteiger partial charge < -0.3 is 5.11 Å². The number of aliphatic hydroxyl groups excluding tert-OH is 1. The second-order valence-corrected chi connectivity index (χ2v) is 6.91. The molecule has 0 aliphatic heterocycles. The van der Waals surface area contributed by atoms with E-state index in [9.17, 15) is 5.11 Å². The fourth-order valence-corrected chi connectivity index (χ4v) is 4.57. The first-order valence-electron chi connectivity index (χ1n) is 7.27. The van der Waals surface area contributed by atoms with E-state index >= 15 is 0 Å². The van der Waals surface area contributed by atoms with Crippen molar-refractivity contribution in [3.63, 3.8) is 0 Å². The highest BCUT2D eigenvalue weighted by Crippen LogP contribution is 2.52. The summed E-state index contributed by atoms with van der Waals surface area (Å²) in [6.45, 7) is 0. The van der Waals surface area contributed by atoms with Crippen LogP contribution in [-0.2, 0) is 5.41 Å². The van der Waals surface area contributed by atoms with Crippen molar-refractivity contribution >= 4 is 23.2 Å². The molecule has 0 heterocycles. The summed E-state index contributed by atoms with van der Waals surface area (Å²) in [5.74, 6) is 0.396. The van der Waals surface area contributed by atoms with E-state index in [4.69, 9.17) is 23.2 Å². The largest absolute Gasteiger partial charge is 0.393 e. The fourth-order valence-electron chi connectivity index (χ4n) is 4.27. The maximum Gasteiger partial charge on any atom is 0.0595 e. The van der Waals surface area contributed by atoms with Crippen molar-refractivity contribution in [1.29, 1.82) is 0 Å². The highest BCUT2D eigenvalue weighted by Gasteiger charge is 2.47. The molecule has 1 nitrogen and oxygen atoms in total. The maximum atomic E-state index is 10.3. The Balaban J connectivity index is 2.02. The van der Waals surface area contributed by atoms with Gasteiger partial charge in [-0.05, 0) is 49.3 Å². The van der Waals surface area contributed by atoms with Crippen molar-refractivity contribution in [3.8, 4) is 0 Å². The summed E-state index contributed by atoms with van der Waals surface area (Å²) >= 11 is 12.2. The smallest absolute Gasteiger partial charge is 0.0595 e. The molecule has 1 aromatic rings. The van der Waals surface area contributed by atoms with Gasteiger partial charge in [0.05, 0.1) is 16.1 Å². The van der Waals surface area contributed by atoms with Gasteiger partial charge in [0, 0.05) is 5.41 Å². The maximum absolute atomic E-state index is 10.3. The number of benzene rings is 1. The van der Waals surface area contributed by atoms with Gasteiger partial charge in [0.25, 0.3) is 0 Å². The Hall–Kier alpha value is -0.240. The van der Waals surface area contributed by atoms with E-state index in [2.05, 4.69) is 6.07 Å². The molecule has 2 fully saturated rings. The molecule has 1 N–H and O–H groups in total. The van der Waals surface area contributed by atoms with Crippen molar-refractivity contribution in [2.75, 3.05) is 0 Å². The van der Waals surface area contributed by atoms with Gasteiger partial charge in [0.1, 0.15) is 0 Å². The van der Waals surface area contributed by atoms with Gasteiger partial charge in [-0.1, -0.05) is 48.5 Å². The lowest BCUT2D eigenvalue weighted by atomic mass is 9.67. The average Bonchev–Trinajstić information content (AvgIpc) is 3.02. The van der Waals surface area contributed by atoms with Crippen LogP contribution in [0.1, 0.15) is 50.5 Å². The molecule has 0 bridgehead atoms. The standard InChI is InChI=1S/C16H20Cl2O/c17-13-7-6-11(10-14(13)18)16(8-1-2-9-16)12-4-3-5-15(12)19/h6-7,10,12,15,19H,1-5,8-9H2/t12?,15-/m1/s1. The van der Waals surface area contributed by atoms with Crippen molar-refractivity contribution in [2.45, 2.75) is 56.5 Å². The summed E-state index contributed by atoms with van der Waals surface area (Å²) in [7, 11) is 0. The zero-order chi connectivity index (χ0) is 13.5. The Kier molecular flexibility index (Phi) is 3.81. The summed E-state index contributed by atoms with van der Waals surface area (Å²) in [5.41, 5.74) is 1.41. The predicted molar refractivity (Wildman–Crippen MR) is 80.0 cm³/mol. The van der Waals surface area contributed by atoms with Crippen LogP contribution in [-0.4, -0.2) is 11.2 Å². The van der Waals surface area contributed by atoms with Gasteiger partial charge in [-0.15, -0.1) is 0 Å². The van der Waals surface area contributed by atoms with E-state index in [1.807, 2.05) is 12.1 Å². The molecule has 2 aliphatic carbocycles. The molecule has 2 saturated carbocycles. The van der Waals surface area contributed by atoms with Crippen LogP contribution in [0.4, 0.5) is 0 Å². The van der Waals surface area contributed by atoms with Crippen LogP contribution < -0.4 is 0 Å². The van der Waals surface area contributed by atoms with Crippen molar-refractivity contribution in [2.24, 2.45) is 5.92 Å². The summed E-state index contributed by atoms with van der Waals surface area (Å²) in [5, 5.41) is 11.6. The zero-order valence-corrected chi connectivity index (χ0v) is 12.6. The van der Waals surface area contributed by atoms with Gasteiger partial charge >= 0.3 is 0 Å². The van der Waals surface area contributed by atoms with E-state index < -0.39 is 0 Å². The molecule has 1 aromatic carbocycles. The molecule has 0 spiro atoms. The van der Waals surface area contributed by atoms with Crippen LogP contribution in [0.15, 0.2) is 18.2 Å². The summed E-state index contributed by atoms with van der Waals surface area (Å²) in [4.78, 5) is 0. The van der Waals surface area contributed by atoms with Crippen molar-refractivity contribution in [1.82, 2.24) is 0 Å². The number of aliphatic hydroxyl groups is 1. The fraction of sp³-hybridized carbons (Fsp3) is 0.625. The van der Waals surface area contributed by atoms with Crippen molar-refractivity contribution < 1.29 is 5.11 Å². The molecule has 3 rings (SSSR count). The molecule has 3 heteroatoms. The lowest BCUT2D eigenvalue weighted by Gasteiger charge is -2.38. The van der Waals surface area contributed by atoms with E-state index in [1.165, 1.54) is 31.2 Å². The minimum absolute atomic E-state index is 0.129. The number of rotatable bonds is 2. The number of halogens is 2. The third kappa shape index (κ3) is 2.30. The topological polar surface area (TPSA) is 20.2 Å². The summed E-state index contributed by atoms with van der Waals surface area (Å²) in [6, 6.07) is 6.05. The Morgan fingerprint density at radius 1 is 1.00 bits per heavy atom. The quantitative estimate of drug-likeness (QED) is 0.817. The SMILES string of the molecule is O[C@@H]1CCCC1C1(c2ccc(Cl)c(Cl)c2)CCCC1. The van der Waals surface area contributed by atoms with E-state index in [0.717, 1.165) is 19.3 Å². The van der Waals surface area contributed by atoms with E-state index in [-0.39, 0.29) is 11.5 Å². The Bertz CT molecular complexity index is 466. The normalized spacial score (nSPS) is 29.8. The van der Waals surface area contributed by atoms with Gasteiger partial charge in [0.15, 0.2) is 0 Å². The van der Waals surface area contributed by atoms with Crippen molar-refractivity contribution in [3.05, 3.63) is 33.8 Å². The number of hydrogen-bond donors (Lipinski definition) is 1. The molecule has 0 radical (unpaired) electrons. The van der Waals surface area contributed by atoms with Crippen LogP contribution in [0.3, 0.4) is 0 Å².